The van der Waals surface area contributed by atoms with Gasteiger partial charge >= 0.3 is 0 Å². The van der Waals surface area contributed by atoms with Crippen LogP contribution in [-0.4, -0.2) is 34.7 Å². The topological polar surface area (TPSA) is 63.2 Å². The minimum atomic E-state index is -0.247. The number of hydrogen-bond acceptors (Lipinski definition) is 4. The lowest BCUT2D eigenvalue weighted by atomic mass is 9.94. The van der Waals surface area contributed by atoms with Gasteiger partial charge in [0, 0.05) is 12.7 Å². The van der Waals surface area contributed by atoms with Crippen molar-refractivity contribution in [2.24, 2.45) is 0 Å². The molecule has 21 heavy (non-hydrogen) atoms. The number of rotatable bonds is 4. The maximum Gasteiger partial charge on any atom is 0.252 e. The van der Waals surface area contributed by atoms with Crippen molar-refractivity contribution in [3.63, 3.8) is 0 Å². The fourth-order valence-corrected chi connectivity index (χ4v) is 2.84. The Kier molecular flexibility index (Phi) is 4.23. The molecular formula is C16H25N3O2. The van der Waals surface area contributed by atoms with E-state index in [-0.39, 0.29) is 23.2 Å². The van der Waals surface area contributed by atoms with Crippen LogP contribution in [0.2, 0.25) is 0 Å². The molecule has 2 N–H and O–H groups in total. The van der Waals surface area contributed by atoms with Crippen LogP contribution in [-0.2, 0) is 4.74 Å². The van der Waals surface area contributed by atoms with Gasteiger partial charge in [-0.3, -0.25) is 4.79 Å². The first-order chi connectivity index (χ1) is 9.73. The molecule has 1 fully saturated rings. The van der Waals surface area contributed by atoms with Gasteiger partial charge in [-0.05, 0) is 53.2 Å². The van der Waals surface area contributed by atoms with Gasteiger partial charge in [-0.2, -0.15) is 0 Å². The summed E-state index contributed by atoms with van der Waals surface area (Å²) in [6, 6.07) is 3.82. The van der Waals surface area contributed by atoms with Crippen LogP contribution in [0.25, 0.3) is 0 Å². The lowest BCUT2D eigenvalue weighted by molar-refractivity contribution is -0.0662. The minimum absolute atomic E-state index is 0.0952. The number of hydrogen-bond donors (Lipinski definition) is 2. The van der Waals surface area contributed by atoms with Gasteiger partial charge in [0.05, 0.1) is 22.8 Å². The van der Waals surface area contributed by atoms with Gasteiger partial charge in [0.1, 0.15) is 5.82 Å². The van der Waals surface area contributed by atoms with Gasteiger partial charge in [0.25, 0.3) is 5.91 Å². The van der Waals surface area contributed by atoms with Crippen LogP contribution < -0.4 is 10.6 Å². The zero-order valence-corrected chi connectivity index (χ0v) is 13.5. The molecule has 2 rings (SSSR count). The summed E-state index contributed by atoms with van der Waals surface area (Å²) in [4.78, 5) is 16.0. The Bertz CT molecular complexity index is 509. The Morgan fingerprint density at radius 1 is 1.38 bits per heavy atom. The first-order valence-corrected chi connectivity index (χ1v) is 7.44. The molecule has 1 aromatic rings. The normalized spacial score (nSPS) is 22.8. The quantitative estimate of drug-likeness (QED) is 0.895. The van der Waals surface area contributed by atoms with Crippen LogP contribution in [0.3, 0.4) is 0 Å². The maximum atomic E-state index is 11.7. The molecule has 1 unspecified atom stereocenters. The number of ether oxygens (including phenoxy) is 1. The van der Waals surface area contributed by atoms with Crippen molar-refractivity contribution in [2.75, 3.05) is 11.9 Å². The molecule has 0 radical (unpaired) electrons. The third-order valence-electron chi connectivity index (χ3n) is 3.76. The molecule has 2 heterocycles. The van der Waals surface area contributed by atoms with Crippen molar-refractivity contribution >= 4 is 11.7 Å². The molecule has 1 amide bonds. The number of nitrogens with one attached hydrogen (secondary N) is 2. The Labute approximate surface area is 126 Å². The monoisotopic (exact) mass is 291 g/mol. The van der Waals surface area contributed by atoms with Gasteiger partial charge in [-0.15, -0.1) is 0 Å². The number of aromatic nitrogens is 1. The molecule has 0 saturated carbocycles. The molecule has 0 bridgehead atoms. The second-order valence-electron chi connectivity index (χ2n) is 6.66. The summed E-state index contributed by atoms with van der Waals surface area (Å²) in [7, 11) is 0. The van der Waals surface area contributed by atoms with E-state index in [1.165, 1.54) is 0 Å². The van der Waals surface area contributed by atoms with Gasteiger partial charge in [-0.25, -0.2) is 4.98 Å². The molecule has 1 atom stereocenters. The molecule has 0 aliphatic carbocycles. The van der Waals surface area contributed by atoms with E-state index in [4.69, 9.17) is 4.74 Å². The zero-order valence-electron chi connectivity index (χ0n) is 13.5. The SMILES string of the molecule is CCNC(=O)c1ccc(NC2CC(C)(C)OC2(C)C)nc1. The number of carbonyl (C=O) groups excluding carboxylic acids is 1. The molecule has 1 saturated heterocycles. The number of nitrogens with zero attached hydrogens (tertiary/aromatic N) is 1. The van der Waals surface area contributed by atoms with Crippen molar-refractivity contribution in [1.82, 2.24) is 10.3 Å². The highest BCUT2D eigenvalue weighted by molar-refractivity contribution is 5.93. The van der Waals surface area contributed by atoms with Crippen molar-refractivity contribution in [3.05, 3.63) is 23.9 Å². The maximum absolute atomic E-state index is 11.7. The second-order valence-corrected chi connectivity index (χ2v) is 6.66. The highest BCUT2D eigenvalue weighted by Gasteiger charge is 2.45. The van der Waals surface area contributed by atoms with Crippen LogP contribution >= 0.6 is 0 Å². The summed E-state index contributed by atoms with van der Waals surface area (Å²) < 4.78 is 6.06. The van der Waals surface area contributed by atoms with Crippen LogP contribution in [0, 0.1) is 0 Å². The summed E-state index contributed by atoms with van der Waals surface area (Å²) >= 11 is 0. The van der Waals surface area contributed by atoms with Gasteiger partial charge in [-0.1, -0.05) is 0 Å². The van der Waals surface area contributed by atoms with Crippen LogP contribution in [0.4, 0.5) is 5.82 Å². The summed E-state index contributed by atoms with van der Waals surface area (Å²) in [6.45, 7) is 10.9. The van der Waals surface area contributed by atoms with Gasteiger partial charge in [0.2, 0.25) is 0 Å². The Morgan fingerprint density at radius 2 is 2.10 bits per heavy atom. The van der Waals surface area contributed by atoms with E-state index in [0.717, 1.165) is 12.2 Å². The van der Waals surface area contributed by atoms with E-state index in [9.17, 15) is 4.79 Å². The molecule has 0 aromatic carbocycles. The first kappa shape index (κ1) is 15.8. The van der Waals surface area contributed by atoms with Crippen LogP contribution in [0.15, 0.2) is 18.3 Å². The summed E-state index contributed by atoms with van der Waals surface area (Å²) in [6.07, 6.45) is 2.51. The van der Waals surface area contributed by atoms with E-state index < -0.39 is 0 Å². The fourth-order valence-electron chi connectivity index (χ4n) is 2.84. The molecule has 1 aromatic heterocycles. The number of anilines is 1. The average molecular weight is 291 g/mol. The molecular weight excluding hydrogens is 266 g/mol. The predicted octanol–water partition coefficient (Wildman–Crippen LogP) is 2.59. The third-order valence-corrected chi connectivity index (χ3v) is 3.76. The second kappa shape index (κ2) is 5.64. The summed E-state index contributed by atoms with van der Waals surface area (Å²) in [5.41, 5.74) is 0.190. The third kappa shape index (κ3) is 3.73. The molecule has 5 nitrogen and oxygen atoms in total. The molecule has 1 aliphatic rings. The molecule has 5 heteroatoms. The van der Waals surface area contributed by atoms with E-state index in [2.05, 4.69) is 43.3 Å². The Morgan fingerprint density at radius 3 is 2.57 bits per heavy atom. The number of carbonyl (C=O) groups is 1. The fraction of sp³-hybridized carbons (Fsp3) is 0.625. The van der Waals surface area contributed by atoms with Gasteiger partial charge < -0.3 is 15.4 Å². The van der Waals surface area contributed by atoms with E-state index >= 15 is 0 Å². The van der Waals surface area contributed by atoms with E-state index in [1.54, 1.807) is 12.3 Å². The smallest absolute Gasteiger partial charge is 0.252 e. The van der Waals surface area contributed by atoms with E-state index in [0.29, 0.717) is 12.1 Å². The zero-order chi connectivity index (χ0) is 15.7. The van der Waals surface area contributed by atoms with Crippen molar-refractivity contribution in [3.8, 4) is 0 Å². The molecule has 1 aliphatic heterocycles. The highest BCUT2D eigenvalue weighted by Crippen LogP contribution is 2.38. The summed E-state index contributed by atoms with van der Waals surface area (Å²) in [5.74, 6) is 0.671. The standard InChI is InChI=1S/C16H25N3O2/c1-6-17-14(20)11-7-8-13(18-10-11)19-12-9-15(2,3)21-16(12,4)5/h7-8,10,12H,6,9H2,1-5H3,(H,17,20)(H,18,19). The molecule has 116 valence electrons. The average Bonchev–Trinajstić information content (AvgIpc) is 2.58. The number of pyridine rings is 1. The van der Waals surface area contributed by atoms with Crippen molar-refractivity contribution in [2.45, 2.75) is 58.3 Å². The van der Waals surface area contributed by atoms with Crippen LogP contribution in [0.5, 0.6) is 0 Å². The van der Waals surface area contributed by atoms with Crippen molar-refractivity contribution in [1.29, 1.82) is 0 Å². The van der Waals surface area contributed by atoms with E-state index in [1.807, 2.05) is 13.0 Å². The molecule has 0 spiro atoms. The summed E-state index contributed by atoms with van der Waals surface area (Å²) in [5, 5.41) is 6.18. The van der Waals surface area contributed by atoms with Crippen LogP contribution in [0.1, 0.15) is 51.4 Å². The Hall–Kier alpha value is -1.62. The highest BCUT2D eigenvalue weighted by atomic mass is 16.5. The minimum Gasteiger partial charge on any atom is -0.367 e. The largest absolute Gasteiger partial charge is 0.367 e. The van der Waals surface area contributed by atoms with Crippen molar-refractivity contribution < 1.29 is 9.53 Å². The lowest BCUT2D eigenvalue weighted by Gasteiger charge is -2.28. The first-order valence-electron chi connectivity index (χ1n) is 7.44. The van der Waals surface area contributed by atoms with Gasteiger partial charge in [0.15, 0.2) is 0 Å². The Balaban J connectivity index is 2.05. The predicted molar refractivity (Wildman–Crippen MR) is 83.5 cm³/mol. The number of amides is 1. The lowest BCUT2D eigenvalue weighted by Crippen LogP contribution is -2.38.